The number of hydrogen-bond acceptors (Lipinski definition) is 2. The summed E-state index contributed by atoms with van der Waals surface area (Å²) < 4.78 is 5.51. The molecule has 1 unspecified atom stereocenters. The zero-order valence-corrected chi connectivity index (χ0v) is 12.4. The third-order valence-corrected chi connectivity index (χ3v) is 4.27. The van der Waals surface area contributed by atoms with Crippen LogP contribution in [-0.4, -0.2) is 7.11 Å². The van der Waals surface area contributed by atoms with Gasteiger partial charge < -0.3 is 10.1 Å². The molecule has 0 saturated carbocycles. The molecule has 0 heterocycles. The molecular weight excluding hydrogens is 246 g/mol. The van der Waals surface area contributed by atoms with Crippen LogP contribution in [0.15, 0.2) is 36.4 Å². The molecule has 0 spiro atoms. The van der Waals surface area contributed by atoms with Gasteiger partial charge in [0.25, 0.3) is 0 Å². The lowest BCUT2D eigenvalue weighted by Gasteiger charge is -2.19. The largest absolute Gasteiger partial charge is 0.496 e. The van der Waals surface area contributed by atoms with Crippen molar-refractivity contribution < 1.29 is 4.74 Å². The fourth-order valence-corrected chi connectivity index (χ4v) is 3.19. The summed E-state index contributed by atoms with van der Waals surface area (Å²) >= 11 is 0. The van der Waals surface area contributed by atoms with E-state index in [9.17, 15) is 0 Å². The second-order valence-corrected chi connectivity index (χ2v) is 5.52. The Bertz CT molecular complexity index is 633. The van der Waals surface area contributed by atoms with Gasteiger partial charge in [0.05, 0.1) is 13.2 Å². The van der Waals surface area contributed by atoms with Crippen LogP contribution in [0, 0.1) is 13.8 Å². The molecule has 2 heteroatoms. The van der Waals surface area contributed by atoms with Gasteiger partial charge in [-0.2, -0.15) is 0 Å². The second kappa shape index (κ2) is 5.20. The number of benzene rings is 2. The van der Waals surface area contributed by atoms with Crippen molar-refractivity contribution in [3.8, 4) is 5.75 Å². The van der Waals surface area contributed by atoms with Gasteiger partial charge in [-0.3, -0.25) is 0 Å². The minimum Gasteiger partial charge on any atom is -0.496 e. The molecule has 0 fully saturated rings. The van der Waals surface area contributed by atoms with Crippen LogP contribution in [0.1, 0.15) is 34.7 Å². The van der Waals surface area contributed by atoms with Gasteiger partial charge in [0.15, 0.2) is 0 Å². The van der Waals surface area contributed by atoms with Crippen molar-refractivity contribution >= 4 is 5.69 Å². The summed E-state index contributed by atoms with van der Waals surface area (Å²) in [5.41, 5.74) is 6.46. The summed E-state index contributed by atoms with van der Waals surface area (Å²) in [5.74, 6) is 0.987. The highest BCUT2D eigenvalue weighted by atomic mass is 16.5. The molecule has 1 aliphatic carbocycles. The van der Waals surface area contributed by atoms with Gasteiger partial charge in [0.2, 0.25) is 0 Å². The summed E-state index contributed by atoms with van der Waals surface area (Å²) in [7, 11) is 1.74. The molecule has 0 aromatic heterocycles. The van der Waals surface area contributed by atoms with Crippen molar-refractivity contribution in [1.29, 1.82) is 0 Å². The Hall–Kier alpha value is -1.96. The molecular formula is C18H21NO. The van der Waals surface area contributed by atoms with Gasteiger partial charge in [0, 0.05) is 11.3 Å². The van der Waals surface area contributed by atoms with E-state index in [4.69, 9.17) is 4.74 Å². The summed E-state index contributed by atoms with van der Waals surface area (Å²) in [5, 5.41) is 3.69. The average molecular weight is 267 g/mol. The summed E-state index contributed by atoms with van der Waals surface area (Å²) in [6.45, 7) is 4.20. The molecule has 1 atom stereocenters. The van der Waals surface area contributed by atoms with Crippen LogP contribution in [0.5, 0.6) is 5.75 Å². The molecule has 3 rings (SSSR count). The number of nitrogens with one attached hydrogen (secondary N) is 1. The number of methoxy groups -OCH3 is 1. The topological polar surface area (TPSA) is 21.3 Å². The number of ether oxygens (including phenoxy) is 1. The van der Waals surface area contributed by atoms with Crippen molar-refractivity contribution in [3.05, 3.63) is 58.7 Å². The maximum absolute atomic E-state index is 5.51. The highest BCUT2D eigenvalue weighted by Gasteiger charge is 2.22. The highest BCUT2D eigenvalue weighted by Crippen LogP contribution is 2.36. The Morgan fingerprint density at radius 3 is 2.70 bits per heavy atom. The third kappa shape index (κ3) is 2.15. The standard InChI is InChI=1S/C18H21NO/c1-12-8-10-16(13(2)18(12)20-3)19-17-11-9-14-6-4-5-7-15(14)17/h4-8,10,17,19H,9,11H2,1-3H3. The first-order valence-electron chi connectivity index (χ1n) is 7.19. The quantitative estimate of drug-likeness (QED) is 0.889. The van der Waals surface area contributed by atoms with Crippen molar-refractivity contribution in [1.82, 2.24) is 0 Å². The van der Waals surface area contributed by atoms with Crippen LogP contribution in [0.3, 0.4) is 0 Å². The smallest absolute Gasteiger partial charge is 0.126 e. The fraction of sp³-hybridized carbons (Fsp3) is 0.333. The van der Waals surface area contributed by atoms with Crippen LogP contribution in [-0.2, 0) is 6.42 Å². The number of rotatable bonds is 3. The maximum atomic E-state index is 5.51. The van der Waals surface area contributed by atoms with Crippen LogP contribution >= 0.6 is 0 Å². The Morgan fingerprint density at radius 2 is 1.90 bits per heavy atom. The summed E-state index contributed by atoms with van der Waals surface area (Å²) in [4.78, 5) is 0. The molecule has 2 nitrogen and oxygen atoms in total. The predicted molar refractivity (Wildman–Crippen MR) is 83.6 cm³/mol. The van der Waals surface area contributed by atoms with Gasteiger partial charge in [0.1, 0.15) is 5.75 Å². The number of hydrogen-bond donors (Lipinski definition) is 1. The Balaban J connectivity index is 1.90. The van der Waals surface area contributed by atoms with Gasteiger partial charge in [-0.05, 0) is 49.4 Å². The van der Waals surface area contributed by atoms with E-state index in [0.29, 0.717) is 6.04 Å². The number of anilines is 1. The molecule has 1 aliphatic rings. The lowest BCUT2D eigenvalue weighted by molar-refractivity contribution is 0.409. The number of aryl methyl sites for hydroxylation is 2. The lowest BCUT2D eigenvalue weighted by Crippen LogP contribution is -2.09. The molecule has 2 aromatic carbocycles. The first-order chi connectivity index (χ1) is 9.70. The van der Waals surface area contributed by atoms with Crippen molar-refractivity contribution in [2.45, 2.75) is 32.7 Å². The minimum absolute atomic E-state index is 0.414. The second-order valence-electron chi connectivity index (χ2n) is 5.52. The van der Waals surface area contributed by atoms with E-state index in [1.165, 1.54) is 27.9 Å². The van der Waals surface area contributed by atoms with E-state index in [1.54, 1.807) is 7.11 Å². The van der Waals surface area contributed by atoms with Crippen LogP contribution in [0.2, 0.25) is 0 Å². The number of fused-ring (bicyclic) bond motifs is 1. The third-order valence-electron chi connectivity index (χ3n) is 4.27. The SMILES string of the molecule is COc1c(C)ccc(NC2CCc3ccccc32)c1C. The molecule has 0 bridgehead atoms. The van der Waals surface area contributed by atoms with E-state index in [-0.39, 0.29) is 0 Å². The Labute approximate surface area is 120 Å². The Kier molecular flexibility index (Phi) is 3.39. The molecule has 0 amide bonds. The monoisotopic (exact) mass is 267 g/mol. The van der Waals surface area contributed by atoms with Crippen molar-refractivity contribution in [2.24, 2.45) is 0 Å². The average Bonchev–Trinajstić information content (AvgIpc) is 2.86. The minimum atomic E-state index is 0.414. The van der Waals surface area contributed by atoms with E-state index in [2.05, 4.69) is 55.6 Å². The van der Waals surface area contributed by atoms with E-state index < -0.39 is 0 Å². The Morgan fingerprint density at radius 1 is 1.10 bits per heavy atom. The lowest BCUT2D eigenvalue weighted by atomic mass is 10.1. The van der Waals surface area contributed by atoms with Crippen LogP contribution in [0.4, 0.5) is 5.69 Å². The van der Waals surface area contributed by atoms with Gasteiger partial charge in [-0.25, -0.2) is 0 Å². The molecule has 0 radical (unpaired) electrons. The molecule has 2 aromatic rings. The first-order valence-corrected chi connectivity index (χ1v) is 7.19. The van der Waals surface area contributed by atoms with E-state index in [1.807, 2.05) is 0 Å². The molecule has 0 saturated heterocycles. The molecule has 1 N–H and O–H groups in total. The molecule has 104 valence electrons. The zero-order valence-electron chi connectivity index (χ0n) is 12.4. The van der Waals surface area contributed by atoms with Crippen LogP contribution in [0.25, 0.3) is 0 Å². The van der Waals surface area contributed by atoms with Gasteiger partial charge in [-0.15, -0.1) is 0 Å². The van der Waals surface area contributed by atoms with Crippen molar-refractivity contribution in [2.75, 3.05) is 12.4 Å². The molecule has 20 heavy (non-hydrogen) atoms. The van der Waals surface area contributed by atoms with Gasteiger partial charge in [-0.1, -0.05) is 30.3 Å². The predicted octanol–water partition coefficient (Wildman–Crippen LogP) is 4.41. The summed E-state index contributed by atoms with van der Waals surface area (Å²) in [6.07, 6.45) is 2.32. The van der Waals surface area contributed by atoms with Crippen molar-refractivity contribution in [3.63, 3.8) is 0 Å². The van der Waals surface area contributed by atoms with E-state index >= 15 is 0 Å². The first kappa shape index (κ1) is 13.0. The van der Waals surface area contributed by atoms with Gasteiger partial charge >= 0.3 is 0 Å². The fourth-order valence-electron chi connectivity index (χ4n) is 3.19. The van der Waals surface area contributed by atoms with E-state index in [0.717, 1.165) is 18.6 Å². The maximum Gasteiger partial charge on any atom is 0.126 e. The summed E-state index contributed by atoms with van der Waals surface area (Å²) in [6, 6.07) is 13.4. The van der Waals surface area contributed by atoms with Crippen LogP contribution < -0.4 is 10.1 Å². The normalized spacial score (nSPS) is 16.9. The highest BCUT2D eigenvalue weighted by molar-refractivity contribution is 5.61. The zero-order chi connectivity index (χ0) is 14.1. The molecule has 0 aliphatic heterocycles.